The quantitative estimate of drug-likeness (QED) is 0.269. The van der Waals surface area contributed by atoms with E-state index in [2.05, 4.69) is 5.32 Å². The number of nitrogens with one attached hydrogen (secondary N) is 1. The first-order valence-electron chi connectivity index (χ1n) is 13.2. The van der Waals surface area contributed by atoms with Gasteiger partial charge in [0.15, 0.2) is 0 Å². The molecule has 0 saturated carbocycles. The lowest BCUT2D eigenvalue weighted by atomic mass is 10.1. The normalized spacial score (nSPS) is 12.1. The lowest BCUT2D eigenvalue weighted by Crippen LogP contribution is -2.52. The van der Waals surface area contributed by atoms with Crippen molar-refractivity contribution in [1.82, 2.24) is 10.2 Å². The lowest BCUT2D eigenvalue weighted by Gasteiger charge is -2.33. The summed E-state index contributed by atoms with van der Waals surface area (Å²) in [5, 5.41) is 3.55. The number of rotatable bonds is 12. The van der Waals surface area contributed by atoms with E-state index in [1.54, 1.807) is 55.5 Å². The number of sulfonamides is 1. The molecule has 0 aliphatic heterocycles. The van der Waals surface area contributed by atoms with Crippen molar-refractivity contribution >= 4 is 50.7 Å². The van der Waals surface area contributed by atoms with Crippen molar-refractivity contribution in [1.29, 1.82) is 0 Å². The number of benzene rings is 3. The molecule has 0 unspecified atom stereocenters. The molecule has 3 aromatic carbocycles. The molecule has 3 rings (SSSR count). The standard InChI is InChI=1S/C30H35Cl2N3O4S/c1-5-17-33-30(37)28(6-2)34(19-25-26(31)11-8-12-27(25)32)29(36)20-35(23-10-7-9-22(4)18-23)40(38,39)24-15-13-21(3)14-16-24/h7-16,18,28H,5-6,17,19-20H2,1-4H3,(H,33,37)/t28-/m1/s1. The van der Waals surface area contributed by atoms with Crippen molar-refractivity contribution in [3.05, 3.63) is 93.5 Å². The van der Waals surface area contributed by atoms with E-state index in [-0.39, 0.29) is 17.3 Å². The van der Waals surface area contributed by atoms with Gasteiger partial charge in [-0.3, -0.25) is 13.9 Å². The summed E-state index contributed by atoms with van der Waals surface area (Å²) in [6.07, 6.45) is 1.03. The summed E-state index contributed by atoms with van der Waals surface area (Å²) >= 11 is 12.9. The number of carbonyl (C=O) groups excluding carboxylic acids is 2. The van der Waals surface area contributed by atoms with Crippen LogP contribution in [0.25, 0.3) is 0 Å². The summed E-state index contributed by atoms with van der Waals surface area (Å²) in [5.41, 5.74) is 2.56. The Morgan fingerprint density at radius 1 is 0.900 bits per heavy atom. The van der Waals surface area contributed by atoms with Gasteiger partial charge in [-0.1, -0.05) is 72.9 Å². The molecule has 0 bridgehead atoms. The molecule has 2 amide bonds. The van der Waals surface area contributed by atoms with Gasteiger partial charge in [-0.2, -0.15) is 0 Å². The van der Waals surface area contributed by atoms with Gasteiger partial charge in [-0.15, -0.1) is 0 Å². The average Bonchev–Trinajstić information content (AvgIpc) is 2.92. The zero-order valence-electron chi connectivity index (χ0n) is 23.2. The van der Waals surface area contributed by atoms with E-state index in [4.69, 9.17) is 23.2 Å². The molecule has 0 aliphatic rings. The maximum absolute atomic E-state index is 14.1. The second kappa shape index (κ2) is 14.0. The molecule has 1 atom stereocenters. The van der Waals surface area contributed by atoms with Crippen LogP contribution in [-0.4, -0.2) is 44.3 Å². The number of nitrogens with zero attached hydrogens (tertiary/aromatic N) is 2. The predicted molar refractivity (Wildman–Crippen MR) is 161 cm³/mol. The monoisotopic (exact) mass is 603 g/mol. The number of amides is 2. The molecule has 0 spiro atoms. The minimum atomic E-state index is -4.14. The largest absolute Gasteiger partial charge is 0.354 e. The van der Waals surface area contributed by atoms with Crippen LogP contribution < -0.4 is 9.62 Å². The van der Waals surface area contributed by atoms with Crippen molar-refractivity contribution in [3.8, 4) is 0 Å². The van der Waals surface area contributed by atoms with Crippen LogP contribution in [0.4, 0.5) is 5.69 Å². The summed E-state index contributed by atoms with van der Waals surface area (Å²) in [6.45, 7) is 7.29. The summed E-state index contributed by atoms with van der Waals surface area (Å²) < 4.78 is 28.9. The van der Waals surface area contributed by atoms with E-state index in [1.807, 2.05) is 26.8 Å². The smallest absolute Gasteiger partial charge is 0.264 e. The number of anilines is 1. The van der Waals surface area contributed by atoms with Crippen LogP contribution in [0.15, 0.2) is 71.6 Å². The average molecular weight is 605 g/mol. The zero-order chi connectivity index (χ0) is 29.4. The molecule has 0 radical (unpaired) electrons. The molecule has 10 heteroatoms. The lowest BCUT2D eigenvalue weighted by molar-refractivity contribution is -0.140. The highest BCUT2D eigenvalue weighted by Crippen LogP contribution is 2.29. The van der Waals surface area contributed by atoms with E-state index in [9.17, 15) is 18.0 Å². The molecule has 40 heavy (non-hydrogen) atoms. The van der Waals surface area contributed by atoms with Crippen LogP contribution in [0.2, 0.25) is 10.0 Å². The fraction of sp³-hybridized carbons (Fsp3) is 0.333. The maximum atomic E-state index is 14.1. The number of carbonyl (C=O) groups is 2. The van der Waals surface area contributed by atoms with Gasteiger partial charge in [0.05, 0.1) is 10.6 Å². The minimum Gasteiger partial charge on any atom is -0.354 e. The Hall–Kier alpha value is -3.07. The number of hydrogen-bond acceptors (Lipinski definition) is 4. The van der Waals surface area contributed by atoms with Crippen molar-refractivity contribution in [3.63, 3.8) is 0 Å². The van der Waals surface area contributed by atoms with Crippen molar-refractivity contribution in [2.45, 2.75) is 58.0 Å². The Morgan fingerprint density at radius 2 is 1.52 bits per heavy atom. The Labute approximate surface area is 247 Å². The van der Waals surface area contributed by atoms with Crippen molar-refractivity contribution in [2.24, 2.45) is 0 Å². The van der Waals surface area contributed by atoms with Crippen molar-refractivity contribution < 1.29 is 18.0 Å². The second-order valence-corrected chi connectivity index (χ2v) is 12.3. The molecule has 3 aromatic rings. The van der Waals surface area contributed by atoms with Crippen LogP contribution in [0, 0.1) is 13.8 Å². The molecule has 0 saturated heterocycles. The van der Waals surface area contributed by atoms with Gasteiger partial charge < -0.3 is 10.2 Å². The van der Waals surface area contributed by atoms with Gasteiger partial charge in [-0.25, -0.2) is 8.42 Å². The van der Waals surface area contributed by atoms with Crippen LogP contribution in [0.3, 0.4) is 0 Å². The molecule has 0 fully saturated rings. The van der Waals surface area contributed by atoms with Gasteiger partial charge in [0.1, 0.15) is 12.6 Å². The zero-order valence-corrected chi connectivity index (χ0v) is 25.5. The Kier molecular flexibility index (Phi) is 11.0. The molecule has 7 nitrogen and oxygen atoms in total. The van der Waals surface area contributed by atoms with Gasteiger partial charge in [-0.05, 0) is 68.7 Å². The topological polar surface area (TPSA) is 86.8 Å². The van der Waals surface area contributed by atoms with Gasteiger partial charge in [0.2, 0.25) is 11.8 Å². The van der Waals surface area contributed by atoms with E-state index < -0.39 is 28.5 Å². The van der Waals surface area contributed by atoms with Crippen LogP contribution in [0.1, 0.15) is 43.4 Å². The Bertz CT molecular complexity index is 1430. The highest BCUT2D eigenvalue weighted by Gasteiger charge is 2.34. The second-order valence-electron chi connectivity index (χ2n) is 9.60. The third-order valence-corrected chi connectivity index (χ3v) is 9.00. The molecule has 214 valence electrons. The maximum Gasteiger partial charge on any atom is 0.264 e. The highest BCUT2D eigenvalue weighted by atomic mass is 35.5. The van der Waals surface area contributed by atoms with Gasteiger partial charge >= 0.3 is 0 Å². The first-order valence-corrected chi connectivity index (χ1v) is 15.3. The SMILES string of the molecule is CCCNC(=O)[C@@H](CC)N(Cc1c(Cl)cccc1Cl)C(=O)CN(c1cccc(C)c1)S(=O)(=O)c1ccc(C)cc1. The summed E-state index contributed by atoms with van der Waals surface area (Å²) in [5.74, 6) is -0.893. The molecule has 0 heterocycles. The van der Waals surface area contributed by atoms with Gasteiger partial charge in [0.25, 0.3) is 10.0 Å². The van der Waals surface area contributed by atoms with Crippen molar-refractivity contribution in [2.75, 3.05) is 17.4 Å². The Morgan fingerprint density at radius 3 is 2.10 bits per heavy atom. The number of hydrogen-bond donors (Lipinski definition) is 1. The van der Waals surface area contributed by atoms with E-state index >= 15 is 0 Å². The summed E-state index contributed by atoms with van der Waals surface area (Å²) in [6, 6.07) is 17.5. The Balaban J connectivity index is 2.09. The number of halogens is 2. The van der Waals surface area contributed by atoms with Gasteiger partial charge in [0, 0.05) is 28.7 Å². The molecule has 0 aromatic heterocycles. The van der Waals surface area contributed by atoms with Crippen LogP contribution in [0.5, 0.6) is 0 Å². The highest BCUT2D eigenvalue weighted by molar-refractivity contribution is 7.92. The van der Waals surface area contributed by atoms with E-state index in [0.717, 1.165) is 21.9 Å². The fourth-order valence-corrected chi connectivity index (χ4v) is 6.21. The first kappa shape index (κ1) is 31.5. The predicted octanol–water partition coefficient (Wildman–Crippen LogP) is 6.14. The summed E-state index contributed by atoms with van der Waals surface area (Å²) in [4.78, 5) is 28.7. The molecule has 0 aliphatic carbocycles. The van der Waals surface area contributed by atoms with Crippen LogP contribution in [-0.2, 0) is 26.2 Å². The third kappa shape index (κ3) is 7.56. The van der Waals surface area contributed by atoms with E-state index in [1.165, 1.54) is 17.0 Å². The third-order valence-electron chi connectivity index (χ3n) is 6.50. The molecular weight excluding hydrogens is 569 g/mol. The fourth-order valence-electron chi connectivity index (χ4n) is 4.29. The van der Waals surface area contributed by atoms with E-state index in [0.29, 0.717) is 34.3 Å². The number of aryl methyl sites for hydroxylation is 2. The summed E-state index contributed by atoms with van der Waals surface area (Å²) in [7, 11) is -4.14. The minimum absolute atomic E-state index is 0.0563. The molecular formula is C30H35Cl2N3O4S. The van der Waals surface area contributed by atoms with Crippen LogP contribution >= 0.6 is 23.2 Å². The molecule has 1 N–H and O–H groups in total. The first-order chi connectivity index (χ1) is 19.0.